The normalized spacial score (nSPS) is 16.3. The summed E-state index contributed by atoms with van der Waals surface area (Å²) in [4.78, 5) is 2.17. The van der Waals surface area contributed by atoms with E-state index in [0.29, 0.717) is 4.73 Å². The van der Waals surface area contributed by atoms with Gasteiger partial charge in [-0.3, -0.25) is 4.55 Å². The Labute approximate surface area is 129 Å². The first kappa shape index (κ1) is 18.3. The van der Waals surface area contributed by atoms with E-state index in [0.717, 1.165) is 31.6 Å². The van der Waals surface area contributed by atoms with Crippen LogP contribution in [0.3, 0.4) is 0 Å². The second-order valence-corrected chi connectivity index (χ2v) is 6.12. The molecule has 0 bridgehead atoms. The summed E-state index contributed by atoms with van der Waals surface area (Å²) < 4.78 is 35.3. The maximum absolute atomic E-state index is 10.8. The minimum Gasteiger partial charge on any atom is -0.870 e. The number of hydrogen-bond donors (Lipinski definition) is 3. The third-order valence-corrected chi connectivity index (χ3v) is 3.79. The fourth-order valence-corrected chi connectivity index (χ4v) is 2.84. The largest absolute Gasteiger partial charge is 0.870 e. The Balaban J connectivity index is 0.00000242. The van der Waals surface area contributed by atoms with Gasteiger partial charge in [-0.25, -0.2) is 4.28 Å². The molecule has 0 saturated carbocycles. The molecule has 2 heterocycles. The Morgan fingerprint density at radius 2 is 1.50 bits per heavy atom. The van der Waals surface area contributed by atoms with Crippen LogP contribution in [0.5, 0.6) is 0 Å². The number of nitrogen functional groups attached to an aromatic ring is 2. The number of hydrogen-bond acceptors (Lipinski definition) is 7. The third kappa shape index (κ3) is 4.90. The van der Waals surface area contributed by atoms with Crippen molar-refractivity contribution in [1.29, 1.82) is 0 Å². The first-order chi connectivity index (χ1) is 9.87. The predicted molar refractivity (Wildman–Crippen MR) is 80.8 cm³/mol. The van der Waals surface area contributed by atoms with Crippen molar-refractivity contribution < 1.29 is 27.5 Å². The molecule has 6 N–H and O–H groups in total. The van der Waals surface area contributed by atoms with Gasteiger partial charge in [0.2, 0.25) is 0 Å². The Kier molecular flexibility index (Phi) is 6.21. The molecule has 0 unspecified atom stereocenters. The lowest BCUT2D eigenvalue weighted by Gasteiger charge is -2.26. The van der Waals surface area contributed by atoms with Gasteiger partial charge >= 0.3 is 10.4 Å². The van der Waals surface area contributed by atoms with Crippen LogP contribution in [0, 0.1) is 0 Å². The van der Waals surface area contributed by atoms with Crippen molar-refractivity contribution in [2.24, 2.45) is 0 Å². The summed E-state index contributed by atoms with van der Waals surface area (Å²) in [6.07, 6.45) is 5.84. The summed E-state index contributed by atoms with van der Waals surface area (Å²) in [7, 11) is -4.68. The van der Waals surface area contributed by atoms with Gasteiger partial charge in [0.15, 0.2) is 0 Å². The highest BCUT2D eigenvalue weighted by Gasteiger charge is 2.20. The zero-order valence-corrected chi connectivity index (χ0v) is 13.0. The molecule has 1 aliphatic rings. The quantitative estimate of drug-likeness (QED) is 0.514. The molecule has 1 fully saturated rings. The van der Waals surface area contributed by atoms with Crippen LogP contribution in [0.25, 0.3) is 0 Å². The molecule has 10 heteroatoms. The van der Waals surface area contributed by atoms with Crippen LogP contribution in [-0.2, 0) is 10.4 Å². The predicted octanol–water partition coefficient (Wildman–Crippen LogP) is -0.0364. The second-order valence-electron chi connectivity index (χ2n) is 5.11. The lowest BCUT2D eigenvalue weighted by molar-refractivity contribution is -0.833. The first-order valence-corrected chi connectivity index (χ1v) is 8.27. The molecule has 0 radical (unpaired) electrons. The van der Waals surface area contributed by atoms with Crippen LogP contribution in [0.1, 0.15) is 32.1 Å². The fraction of sp³-hybridized carbons (Fsp3) is 0.583. The van der Waals surface area contributed by atoms with Crippen molar-refractivity contribution >= 4 is 27.7 Å². The first-order valence-electron chi connectivity index (χ1n) is 6.90. The zero-order chi connectivity index (χ0) is 15.5. The van der Waals surface area contributed by atoms with Crippen LogP contribution < -0.4 is 25.4 Å². The number of pyridine rings is 1. The van der Waals surface area contributed by atoms with Crippen molar-refractivity contribution in [3.05, 3.63) is 12.1 Å². The van der Waals surface area contributed by atoms with Gasteiger partial charge in [-0.2, -0.15) is 8.42 Å². The highest BCUT2D eigenvalue weighted by Crippen LogP contribution is 2.21. The van der Waals surface area contributed by atoms with Crippen molar-refractivity contribution in [3.63, 3.8) is 0 Å². The number of rotatable bonds is 3. The lowest BCUT2D eigenvalue weighted by atomic mass is 10.1. The van der Waals surface area contributed by atoms with Gasteiger partial charge in [-0.05, 0) is 17.6 Å². The van der Waals surface area contributed by atoms with E-state index in [1.54, 1.807) is 12.1 Å². The topological polar surface area (TPSA) is 153 Å². The van der Waals surface area contributed by atoms with Crippen LogP contribution >= 0.6 is 0 Å². The molecule has 0 amide bonds. The van der Waals surface area contributed by atoms with Crippen molar-refractivity contribution in [3.8, 4) is 0 Å². The Morgan fingerprint density at radius 1 is 1.05 bits per heavy atom. The number of aromatic nitrogens is 1. The standard InChI is InChI=1S/C12H20N4O4S.H2O/c13-11-8-10(15-6-4-2-1-3-5-7-15)9-12(14)16(11)20-21(17,18)19;/h8-9H,1-7H2,(H4,13,14,17,18,19);1H2. The highest BCUT2D eigenvalue weighted by atomic mass is 32.3. The van der Waals surface area contributed by atoms with E-state index in [2.05, 4.69) is 9.18 Å². The van der Waals surface area contributed by atoms with E-state index in [9.17, 15) is 8.42 Å². The van der Waals surface area contributed by atoms with Crippen LogP contribution in [-0.4, -0.2) is 31.5 Å². The molecule has 0 aliphatic carbocycles. The monoisotopic (exact) mass is 334 g/mol. The van der Waals surface area contributed by atoms with Crippen molar-refractivity contribution in [1.82, 2.24) is 0 Å². The van der Waals surface area contributed by atoms with Gasteiger partial charge < -0.3 is 21.8 Å². The van der Waals surface area contributed by atoms with E-state index < -0.39 is 10.4 Å². The SMILES string of the molecule is Nc1cc(N2CCCCCCC2)cc(N)[n+]1OS(=O)(=O)O.[OH-]. The maximum Gasteiger partial charge on any atom is 0.476 e. The smallest absolute Gasteiger partial charge is 0.476 e. The minimum absolute atomic E-state index is 0. The molecule has 1 aliphatic heterocycles. The molecular weight excluding hydrogens is 312 g/mol. The summed E-state index contributed by atoms with van der Waals surface area (Å²) in [5.74, 6) is 0.00867. The Morgan fingerprint density at radius 3 is 1.95 bits per heavy atom. The highest BCUT2D eigenvalue weighted by molar-refractivity contribution is 7.80. The van der Waals surface area contributed by atoms with Crippen LogP contribution in [0.15, 0.2) is 12.1 Å². The van der Waals surface area contributed by atoms with Crippen molar-refractivity contribution in [2.75, 3.05) is 29.5 Å². The fourth-order valence-electron chi connectivity index (χ4n) is 2.48. The van der Waals surface area contributed by atoms with Gasteiger partial charge in [0.05, 0.1) is 5.69 Å². The Bertz CT molecular complexity index is 577. The lowest BCUT2D eigenvalue weighted by Crippen LogP contribution is -2.50. The van der Waals surface area contributed by atoms with Crippen LogP contribution in [0.4, 0.5) is 17.3 Å². The van der Waals surface area contributed by atoms with Gasteiger partial charge in [0.1, 0.15) is 0 Å². The molecule has 1 saturated heterocycles. The molecule has 2 rings (SSSR count). The van der Waals surface area contributed by atoms with Gasteiger partial charge in [0.25, 0.3) is 11.6 Å². The van der Waals surface area contributed by atoms with E-state index in [1.807, 2.05) is 0 Å². The van der Waals surface area contributed by atoms with Crippen molar-refractivity contribution in [2.45, 2.75) is 32.1 Å². The molecule has 0 spiro atoms. The number of nitrogens with zero attached hydrogens (tertiary/aromatic N) is 2. The van der Waals surface area contributed by atoms with Crippen LogP contribution in [0.2, 0.25) is 0 Å². The second kappa shape index (κ2) is 7.47. The molecule has 0 aromatic carbocycles. The Hall–Kier alpha value is -1.78. The third-order valence-electron chi connectivity index (χ3n) is 3.45. The van der Waals surface area contributed by atoms with E-state index >= 15 is 0 Å². The summed E-state index contributed by atoms with van der Waals surface area (Å²) >= 11 is 0. The molecule has 9 nitrogen and oxygen atoms in total. The average molecular weight is 334 g/mol. The molecule has 126 valence electrons. The summed E-state index contributed by atoms with van der Waals surface area (Å²) in [6, 6.07) is 3.17. The summed E-state index contributed by atoms with van der Waals surface area (Å²) in [6.45, 7) is 1.81. The average Bonchev–Trinajstić information content (AvgIpc) is 2.32. The summed E-state index contributed by atoms with van der Waals surface area (Å²) in [5, 5.41) is 0. The molecule has 22 heavy (non-hydrogen) atoms. The van der Waals surface area contributed by atoms with Gasteiger partial charge in [-0.15, -0.1) is 0 Å². The molecular formula is C12H22N4O5S. The van der Waals surface area contributed by atoms with E-state index in [4.69, 9.17) is 16.0 Å². The van der Waals surface area contributed by atoms with E-state index in [1.165, 1.54) is 19.3 Å². The maximum atomic E-state index is 10.8. The van der Waals surface area contributed by atoms with Gasteiger partial charge in [-0.1, -0.05) is 19.3 Å². The molecule has 0 atom stereocenters. The number of nitrogens with two attached hydrogens (primary N) is 2. The van der Waals surface area contributed by atoms with Gasteiger partial charge in [0, 0.05) is 25.2 Å². The molecule has 1 aromatic heterocycles. The zero-order valence-electron chi connectivity index (χ0n) is 12.2. The minimum atomic E-state index is -4.68. The number of anilines is 3. The van der Waals surface area contributed by atoms with E-state index in [-0.39, 0.29) is 17.1 Å². The summed E-state index contributed by atoms with van der Waals surface area (Å²) in [5.41, 5.74) is 12.3. The molecule has 1 aromatic rings.